The number of nitrogens with zero attached hydrogens (tertiary/aromatic N) is 1. The highest BCUT2D eigenvalue weighted by Crippen LogP contribution is 2.08. The van der Waals surface area contributed by atoms with E-state index in [1.807, 2.05) is 19.3 Å². The van der Waals surface area contributed by atoms with Gasteiger partial charge in [-0.3, -0.25) is 9.78 Å². The van der Waals surface area contributed by atoms with Gasteiger partial charge in [0.25, 0.3) is 0 Å². The Hall–Kier alpha value is -1.38. The van der Waals surface area contributed by atoms with Crippen LogP contribution < -0.4 is 0 Å². The number of hydrogen-bond acceptors (Lipinski definition) is 3. The molecule has 0 saturated carbocycles. The first-order valence-electron chi connectivity index (χ1n) is 6.37. The smallest absolute Gasteiger partial charge is 0.305 e. The van der Waals surface area contributed by atoms with Crippen molar-refractivity contribution >= 4 is 5.97 Å². The highest BCUT2D eigenvalue weighted by atomic mass is 16.5. The molecule has 1 aromatic rings. The summed E-state index contributed by atoms with van der Waals surface area (Å²) >= 11 is 0. The van der Waals surface area contributed by atoms with E-state index in [-0.39, 0.29) is 5.97 Å². The van der Waals surface area contributed by atoms with Gasteiger partial charge in [0, 0.05) is 18.8 Å². The molecular formula is C14H21NO2. The van der Waals surface area contributed by atoms with Crippen molar-refractivity contribution in [2.45, 2.75) is 45.4 Å². The summed E-state index contributed by atoms with van der Waals surface area (Å²) in [7, 11) is 0. The third-order valence-electron chi connectivity index (χ3n) is 2.65. The molecular weight excluding hydrogens is 214 g/mol. The van der Waals surface area contributed by atoms with Crippen LogP contribution in [0.1, 0.15) is 44.6 Å². The van der Waals surface area contributed by atoms with Crippen molar-refractivity contribution in [1.29, 1.82) is 0 Å². The Morgan fingerprint density at radius 2 is 1.88 bits per heavy atom. The van der Waals surface area contributed by atoms with Gasteiger partial charge < -0.3 is 4.74 Å². The Balaban J connectivity index is 1.96. The molecule has 17 heavy (non-hydrogen) atoms. The first kappa shape index (κ1) is 13.7. The summed E-state index contributed by atoms with van der Waals surface area (Å²) in [5.41, 5.74) is 1.34. The summed E-state index contributed by atoms with van der Waals surface area (Å²) in [4.78, 5) is 15.1. The average Bonchev–Trinajstić information content (AvgIpc) is 2.35. The van der Waals surface area contributed by atoms with Crippen LogP contribution in [0.25, 0.3) is 0 Å². The molecule has 94 valence electrons. The maximum absolute atomic E-state index is 11.1. The van der Waals surface area contributed by atoms with Gasteiger partial charge in [0.15, 0.2) is 0 Å². The monoisotopic (exact) mass is 235 g/mol. The zero-order valence-electron chi connectivity index (χ0n) is 10.5. The van der Waals surface area contributed by atoms with Crippen LogP contribution in [-0.2, 0) is 16.0 Å². The average molecular weight is 235 g/mol. The molecule has 0 aromatic carbocycles. The number of carbonyl (C=O) groups is 1. The van der Waals surface area contributed by atoms with Crippen molar-refractivity contribution in [3.63, 3.8) is 0 Å². The second-order valence-corrected chi connectivity index (χ2v) is 4.07. The van der Waals surface area contributed by atoms with Gasteiger partial charge >= 0.3 is 5.97 Å². The van der Waals surface area contributed by atoms with E-state index in [4.69, 9.17) is 4.74 Å². The number of unbranched alkanes of at least 4 members (excludes halogenated alkanes) is 3. The maximum atomic E-state index is 11.1. The second-order valence-electron chi connectivity index (χ2n) is 4.07. The van der Waals surface area contributed by atoms with Crippen LogP contribution in [0.5, 0.6) is 0 Å². The highest BCUT2D eigenvalue weighted by Gasteiger charge is 2.00. The molecule has 0 aliphatic rings. The number of aromatic nitrogens is 1. The number of rotatable bonds is 8. The Morgan fingerprint density at radius 1 is 1.18 bits per heavy atom. The maximum Gasteiger partial charge on any atom is 0.305 e. The molecule has 1 aromatic heterocycles. The van der Waals surface area contributed by atoms with Gasteiger partial charge in [-0.05, 0) is 43.9 Å². The quantitative estimate of drug-likeness (QED) is 0.513. The van der Waals surface area contributed by atoms with Crippen LogP contribution in [0, 0.1) is 0 Å². The Kier molecular flexibility index (Phi) is 7.03. The van der Waals surface area contributed by atoms with Crippen LogP contribution >= 0.6 is 0 Å². The largest absolute Gasteiger partial charge is 0.466 e. The lowest BCUT2D eigenvalue weighted by Crippen LogP contribution is -2.03. The van der Waals surface area contributed by atoms with E-state index in [0.29, 0.717) is 13.0 Å². The molecule has 3 nitrogen and oxygen atoms in total. The third-order valence-corrected chi connectivity index (χ3v) is 2.65. The first-order chi connectivity index (χ1) is 8.33. The van der Waals surface area contributed by atoms with E-state index in [1.54, 1.807) is 0 Å². The van der Waals surface area contributed by atoms with Gasteiger partial charge in [-0.15, -0.1) is 0 Å². The van der Waals surface area contributed by atoms with Crippen molar-refractivity contribution in [2.75, 3.05) is 6.61 Å². The number of aryl methyl sites for hydroxylation is 1. The van der Waals surface area contributed by atoms with Crippen LogP contribution in [-0.4, -0.2) is 17.6 Å². The van der Waals surface area contributed by atoms with Crippen LogP contribution in [0.3, 0.4) is 0 Å². The zero-order chi connectivity index (χ0) is 12.3. The number of esters is 1. The van der Waals surface area contributed by atoms with E-state index in [9.17, 15) is 4.79 Å². The summed E-state index contributed by atoms with van der Waals surface area (Å²) in [6.45, 7) is 2.33. The highest BCUT2D eigenvalue weighted by molar-refractivity contribution is 5.69. The molecule has 0 atom stereocenters. The lowest BCUT2D eigenvalue weighted by atomic mass is 10.1. The van der Waals surface area contributed by atoms with Gasteiger partial charge in [-0.25, -0.2) is 0 Å². The van der Waals surface area contributed by atoms with Crippen molar-refractivity contribution in [2.24, 2.45) is 0 Å². The molecule has 0 radical (unpaired) electrons. The molecule has 0 aliphatic carbocycles. The van der Waals surface area contributed by atoms with Crippen LogP contribution in [0.15, 0.2) is 24.5 Å². The first-order valence-corrected chi connectivity index (χ1v) is 6.37. The topological polar surface area (TPSA) is 39.2 Å². The zero-order valence-corrected chi connectivity index (χ0v) is 10.5. The van der Waals surface area contributed by atoms with Gasteiger partial charge in [0.1, 0.15) is 0 Å². The number of carbonyl (C=O) groups excluding carboxylic acids is 1. The van der Waals surface area contributed by atoms with Crippen molar-refractivity contribution < 1.29 is 9.53 Å². The second kappa shape index (κ2) is 8.74. The number of hydrogen-bond donors (Lipinski definition) is 0. The Morgan fingerprint density at radius 3 is 2.59 bits per heavy atom. The van der Waals surface area contributed by atoms with E-state index >= 15 is 0 Å². The summed E-state index contributed by atoms with van der Waals surface area (Å²) in [6, 6.07) is 4.11. The molecule has 0 amide bonds. The molecule has 0 spiro atoms. The van der Waals surface area contributed by atoms with E-state index in [0.717, 1.165) is 19.3 Å². The number of pyridine rings is 1. The Labute approximate surface area is 103 Å². The Bertz CT molecular complexity index is 311. The summed E-state index contributed by atoms with van der Waals surface area (Å²) in [6.07, 6.45) is 9.70. The van der Waals surface area contributed by atoms with Gasteiger partial charge in [-0.1, -0.05) is 12.8 Å². The molecule has 0 saturated heterocycles. The minimum Gasteiger partial charge on any atom is -0.466 e. The van der Waals surface area contributed by atoms with Gasteiger partial charge in [0.05, 0.1) is 6.61 Å². The lowest BCUT2D eigenvalue weighted by Gasteiger charge is -2.02. The molecule has 0 unspecified atom stereocenters. The minimum absolute atomic E-state index is 0.0679. The van der Waals surface area contributed by atoms with Crippen molar-refractivity contribution in [1.82, 2.24) is 4.98 Å². The molecule has 0 fully saturated rings. The molecule has 0 bridgehead atoms. The predicted molar refractivity (Wildman–Crippen MR) is 67.7 cm³/mol. The van der Waals surface area contributed by atoms with Gasteiger partial charge in [0.2, 0.25) is 0 Å². The summed E-state index contributed by atoms with van der Waals surface area (Å²) < 4.78 is 4.87. The van der Waals surface area contributed by atoms with Crippen LogP contribution in [0.4, 0.5) is 0 Å². The molecule has 0 N–H and O–H groups in total. The normalized spacial score (nSPS) is 10.2. The molecule has 0 aliphatic heterocycles. The summed E-state index contributed by atoms with van der Waals surface area (Å²) in [5.74, 6) is -0.0679. The standard InChI is InChI=1S/C14H21NO2/c1-2-17-14(16)8-6-4-3-5-7-13-9-11-15-12-10-13/h9-12H,2-8H2,1H3. The molecule has 3 heteroatoms. The fraction of sp³-hybridized carbons (Fsp3) is 0.571. The molecule has 1 rings (SSSR count). The predicted octanol–water partition coefficient (Wildman–Crippen LogP) is 3.14. The summed E-state index contributed by atoms with van der Waals surface area (Å²) in [5, 5.41) is 0. The van der Waals surface area contributed by atoms with Crippen molar-refractivity contribution in [3.8, 4) is 0 Å². The van der Waals surface area contributed by atoms with Gasteiger partial charge in [-0.2, -0.15) is 0 Å². The van der Waals surface area contributed by atoms with E-state index < -0.39 is 0 Å². The van der Waals surface area contributed by atoms with E-state index in [1.165, 1.54) is 18.4 Å². The molecule has 1 heterocycles. The number of ether oxygens (including phenoxy) is 1. The lowest BCUT2D eigenvalue weighted by molar-refractivity contribution is -0.143. The van der Waals surface area contributed by atoms with Crippen LogP contribution in [0.2, 0.25) is 0 Å². The fourth-order valence-electron chi connectivity index (χ4n) is 1.73. The minimum atomic E-state index is -0.0679. The van der Waals surface area contributed by atoms with Crippen molar-refractivity contribution in [3.05, 3.63) is 30.1 Å². The fourth-order valence-corrected chi connectivity index (χ4v) is 1.73. The third kappa shape index (κ3) is 6.72. The van der Waals surface area contributed by atoms with E-state index in [2.05, 4.69) is 17.1 Å². The SMILES string of the molecule is CCOC(=O)CCCCCCc1ccncc1.